The predicted molar refractivity (Wildman–Crippen MR) is 50.2 cm³/mol. The van der Waals surface area contributed by atoms with E-state index in [1.165, 1.54) is 6.07 Å². The van der Waals surface area contributed by atoms with Gasteiger partial charge in [0, 0.05) is 17.1 Å². The molecular weight excluding hydrogens is 167 g/mol. The van der Waals surface area contributed by atoms with Crippen molar-refractivity contribution in [3.05, 3.63) is 29.2 Å². The largest absolute Gasteiger partial charge is 0.281 e. The van der Waals surface area contributed by atoms with E-state index in [-0.39, 0.29) is 5.82 Å². The molecule has 0 radical (unpaired) electrons. The first-order valence-corrected chi connectivity index (χ1v) is 4.35. The van der Waals surface area contributed by atoms with Gasteiger partial charge in [0.25, 0.3) is 0 Å². The van der Waals surface area contributed by atoms with Crippen molar-refractivity contribution in [1.82, 2.24) is 10.2 Å². The Morgan fingerprint density at radius 2 is 2.23 bits per heavy atom. The van der Waals surface area contributed by atoms with Crippen molar-refractivity contribution in [1.29, 1.82) is 0 Å². The zero-order chi connectivity index (χ0) is 9.42. The van der Waals surface area contributed by atoms with Crippen LogP contribution in [-0.2, 0) is 6.42 Å². The van der Waals surface area contributed by atoms with Gasteiger partial charge < -0.3 is 0 Å². The van der Waals surface area contributed by atoms with E-state index in [1.807, 2.05) is 13.0 Å². The second-order valence-corrected chi connectivity index (χ2v) is 3.17. The van der Waals surface area contributed by atoms with Gasteiger partial charge in [-0.25, -0.2) is 4.39 Å². The lowest BCUT2D eigenvalue weighted by Crippen LogP contribution is -1.83. The quantitative estimate of drug-likeness (QED) is 0.714. The normalized spacial score (nSPS) is 11.0. The molecule has 1 aromatic heterocycles. The van der Waals surface area contributed by atoms with Gasteiger partial charge >= 0.3 is 0 Å². The van der Waals surface area contributed by atoms with Crippen molar-refractivity contribution in [2.24, 2.45) is 0 Å². The maximum atomic E-state index is 13.1. The Bertz CT molecular complexity index is 445. The molecule has 68 valence electrons. The second kappa shape index (κ2) is 2.83. The molecule has 0 spiro atoms. The number of halogens is 1. The first-order chi connectivity index (χ1) is 6.22. The predicted octanol–water partition coefficient (Wildman–Crippen LogP) is 2.57. The van der Waals surface area contributed by atoms with Crippen LogP contribution in [0, 0.1) is 12.7 Å². The van der Waals surface area contributed by atoms with Crippen LogP contribution in [0.5, 0.6) is 0 Å². The molecule has 0 aliphatic heterocycles. The van der Waals surface area contributed by atoms with E-state index in [2.05, 4.69) is 10.2 Å². The smallest absolute Gasteiger partial charge is 0.128 e. The summed E-state index contributed by atoms with van der Waals surface area (Å²) in [5, 5.41) is 7.96. The van der Waals surface area contributed by atoms with Crippen molar-refractivity contribution in [2.45, 2.75) is 20.3 Å². The number of hydrogen-bond donors (Lipinski definition) is 1. The summed E-state index contributed by atoms with van der Waals surface area (Å²) in [6.07, 6.45) is 0.890. The summed E-state index contributed by atoms with van der Waals surface area (Å²) >= 11 is 0. The summed E-state index contributed by atoms with van der Waals surface area (Å²) in [4.78, 5) is 0. The van der Waals surface area contributed by atoms with Crippen LogP contribution < -0.4 is 0 Å². The summed E-state index contributed by atoms with van der Waals surface area (Å²) in [7, 11) is 0. The van der Waals surface area contributed by atoms with Gasteiger partial charge in [0.1, 0.15) is 5.82 Å². The first kappa shape index (κ1) is 8.23. The van der Waals surface area contributed by atoms with Crippen LogP contribution in [0.1, 0.15) is 18.2 Å². The molecule has 1 aromatic carbocycles. The van der Waals surface area contributed by atoms with Crippen LogP contribution in [0.4, 0.5) is 4.39 Å². The van der Waals surface area contributed by atoms with Gasteiger partial charge in [-0.3, -0.25) is 5.10 Å². The van der Waals surface area contributed by atoms with Gasteiger partial charge in [-0.2, -0.15) is 5.10 Å². The lowest BCUT2D eigenvalue weighted by molar-refractivity contribution is 0.620. The summed E-state index contributed by atoms with van der Waals surface area (Å²) < 4.78 is 13.1. The van der Waals surface area contributed by atoms with E-state index < -0.39 is 0 Å². The lowest BCUT2D eigenvalue weighted by Gasteiger charge is -1.96. The molecular formula is C10H11FN2. The molecule has 0 atom stereocenters. The van der Waals surface area contributed by atoms with Crippen molar-refractivity contribution < 1.29 is 4.39 Å². The standard InChI is InChI=1S/C10H11FN2/c1-3-9-7-4-6(2)8(11)5-10(7)13-12-9/h4-5H,3H2,1-2H3,(H,12,13). The summed E-state index contributed by atoms with van der Waals surface area (Å²) in [6, 6.07) is 3.31. The van der Waals surface area contributed by atoms with Crippen LogP contribution in [0.25, 0.3) is 10.9 Å². The Labute approximate surface area is 75.8 Å². The fraction of sp³-hybridized carbons (Fsp3) is 0.300. The van der Waals surface area contributed by atoms with Gasteiger partial charge in [0.05, 0.1) is 5.52 Å². The molecule has 0 fully saturated rings. The second-order valence-electron chi connectivity index (χ2n) is 3.17. The highest BCUT2D eigenvalue weighted by molar-refractivity contribution is 5.82. The molecule has 2 aromatic rings. The number of hydrogen-bond acceptors (Lipinski definition) is 1. The van der Waals surface area contributed by atoms with Crippen molar-refractivity contribution >= 4 is 10.9 Å². The third kappa shape index (κ3) is 1.20. The van der Waals surface area contributed by atoms with Crippen molar-refractivity contribution in [3.63, 3.8) is 0 Å². The fourth-order valence-corrected chi connectivity index (χ4v) is 1.46. The number of fused-ring (bicyclic) bond motifs is 1. The fourth-order valence-electron chi connectivity index (χ4n) is 1.46. The zero-order valence-corrected chi connectivity index (χ0v) is 7.69. The highest BCUT2D eigenvalue weighted by Gasteiger charge is 2.06. The van der Waals surface area contributed by atoms with E-state index in [9.17, 15) is 4.39 Å². The first-order valence-electron chi connectivity index (χ1n) is 4.35. The minimum Gasteiger partial charge on any atom is -0.281 e. The number of nitrogens with zero attached hydrogens (tertiary/aromatic N) is 1. The summed E-state index contributed by atoms with van der Waals surface area (Å²) in [6.45, 7) is 3.81. The Balaban J connectivity index is 2.77. The average molecular weight is 178 g/mol. The lowest BCUT2D eigenvalue weighted by atomic mass is 10.1. The van der Waals surface area contributed by atoms with E-state index in [0.717, 1.165) is 17.5 Å². The maximum absolute atomic E-state index is 13.1. The van der Waals surface area contributed by atoms with E-state index in [4.69, 9.17) is 0 Å². The highest BCUT2D eigenvalue weighted by atomic mass is 19.1. The Morgan fingerprint density at radius 3 is 2.92 bits per heavy atom. The molecule has 0 saturated carbocycles. The molecule has 1 heterocycles. The molecule has 0 unspecified atom stereocenters. The molecule has 2 rings (SSSR count). The minimum atomic E-state index is -0.193. The Morgan fingerprint density at radius 1 is 1.46 bits per heavy atom. The number of benzene rings is 1. The Kier molecular flexibility index (Phi) is 1.79. The third-order valence-electron chi connectivity index (χ3n) is 2.27. The van der Waals surface area contributed by atoms with Crippen LogP contribution in [-0.4, -0.2) is 10.2 Å². The zero-order valence-electron chi connectivity index (χ0n) is 7.69. The molecule has 0 saturated heterocycles. The van der Waals surface area contributed by atoms with E-state index in [1.54, 1.807) is 6.92 Å². The number of aromatic nitrogens is 2. The van der Waals surface area contributed by atoms with Crippen LogP contribution >= 0.6 is 0 Å². The average Bonchev–Trinajstić information content (AvgIpc) is 2.48. The monoisotopic (exact) mass is 178 g/mol. The number of aromatic amines is 1. The topological polar surface area (TPSA) is 28.7 Å². The molecule has 13 heavy (non-hydrogen) atoms. The van der Waals surface area contributed by atoms with E-state index in [0.29, 0.717) is 11.1 Å². The number of nitrogens with one attached hydrogen (secondary N) is 1. The van der Waals surface area contributed by atoms with E-state index >= 15 is 0 Å². The molecule has 0 aliphatic carbocycles. The molecule has 3 heteroatoms. The number of rotatable bonds is 1. The molecule has 1 N–H and O–H groups in total. The van der Waals surface area contributed by atoms with Gasteiger partial charge in [0.15, 0.2) is 0 Å². The van der Waals surface area contributed by atoms with Crippen molar-refractivity contribution in [3.8, 4) is 0 Å². The van der Waals surface area contributed by atoms with Gasteiger partial charge in [0.2, 0.25) is 0 Å². The molecule has 2 nitrogen and oxygen atoms in total. The third-order valence-corrected chi connectivity index (χ3v) is 2.27. The highest BCUT2D eigenvalue weighted by Crippen LogP contribution is 2.20. The number of H-pyrrole nitrogens is 1. The summed E-state index contributed by atoms with van der Waals surface area (Å²) in [5.74, 6) is -0.193. The summed E-state index contributed by atoms with van der Waals surface area (Å²) in [5.41, 5.74) is 2.45. The van der Waals surface area contributed by atoms with Gasteiger partial charge in [-0.05, 0) is 25.0 Å². The van der Waals surface area contributed by atoms with Crippen LogP contribution in [0.2, 0.25) is 0 Å². The van der Waals surface area contributed by atoms with Crippen LogP contribution in [0.3, 0.4) is 0 Å². The van der Waals surface area contributed by atoms with Crippen molar-refractivity contribution in [2.75, 3.05) is 0 Å². The minimum absolute atomic E-state index is 0.193. The molecule has 0 aliphatic rings. The van der Waals surface area contributed by atoms with Gasteiger partial charge in [-0.1, -0.05) is 6.92 Å². The number of aryl methyl sites for hydroxylation is 2. The molecule has 0 bridgehead atoms. The van der Waals surface area contributed by atoms with Crippen LogP contribution in [0.15, 0.2) is 12.1 Å². The Hall–Kier alpha value is -1.38. The SMILES string of the molecule is CCc1[nH]nc2cc(F)c(C)cc12. The maximum Gasteiger partial charge on any atom is 0.128 e. The van der Waals surface area contributed by atoms with Gasteiger partial charge in [-0.15, -0.1) is 0 Å². The molecule has 0 amide bonds.